The topological polar surface area (TPSA) is 93.5 Å². The molecule has 0 saturated heterocycles. The van der Waals surface area contributed by atoms with Gasteiger partial charge in [-0.1, -0.05) is 54.1 Å². The number of carbonyl (C=O) groups is 1. The summed E-state index contributed by atoms with van der Waals surface area (Å²) in [6.07, 6.45) is 2.15. The highest BCUT2D eigenvalue weighted by Gasteiger charge is 2.34. The summed E-state index contributed by atoms with van der Waals surface area (Å²) in [7, 11) is -3.64. The number of amides is 1. The van der Waals surface area contributed by atoms with Gasteiger partial charge in [-0.25, -0.2) is 22.3 Å². The van der Waals surface area contributed by atoms with Crippen LogP contribution in [0.15, 0.2) is 78.9 Å². The summed E-state index contributed by atoms with van der Waals surface area (Å²) in [5.74, 6) is -0.414. The quantitative estimate of drug-likeness (QED) is 0.310. The van der Waals surface area contributed by atoms with Crippen LogP contribution in [0.2, 0.25) is 5.02 Å². The molecule has 2 heterocycles. The molecule has 1 atom stereocenters. The van der Waals surface area contributed by atoms with Crippen molar-refractivity contribution in [2.24, 2.45) is 0 Å². The molecule has 0 unspecified atom stereocenters. The number of fused-ring (bicyclic) bond motifs is 1. The first-order valence-corrected chi connectivity index (χ1v) is 14.6. The van der Waals surface area contributed by atoms with Crippen LogP contribution in [0, 0.1) is 5.82 Å². The second kappa shape index (κ2) is 11.2. The predicted molar refractivity (Wildman–Crippen MR) is 152 cm³/mol. The molecule has 0 aliphatic carbocycles. The van der Waals surface area contributed by atoms with Crippen LogP contribution in [0.5, 0.6) is 5.88 Å². The van der Waals surface area contributed by atoms with Crippen molar-refractivity contribution >= 4 is 39.4 Å². The van der Waals surface area contributed by atoms with Crippen LogP contribution < -0.4 is 10.1 Å². The zero-order chi connectivity index (χ0) is 28.4. The van der Waals surface area contributed by atoms with Gasteiger partial charge in [0, 0.05) is 18.1 Å². The minimum absolute atomic E-state index is 0.0268. The first kappa shape index (κ1) is 27.6. The van der Waals surface area contributed by atoms with E-state index in [1.54, 1.807) is 47.2 Å². The van der Waals surface area contributed by atoms with Gasteiger partial charge < -0.3 is 10.1 Å². The number of nitrogens with one attached hydrogen (secondary N) is 1. The summed E-state index contributed by atoms with van der Waals surface area (Å²) in [5, 5.41) is 7.93. The molecule has 0 fully saturated rings. The molecule has 0 spiro atoms. The fourth-order valence-corrected chi connectivity index (χ4v) is 5.34. The molecule has 1 amide bonds. The molecule has 4 aromatic rings. The van der Waals surface area contributed by atoms with E-state index in [0.717, 1.165) is 11.8 Å². The largest absolute Gasteiger partial charge is 0.414 e. The Hall–Kier alpha value is -3.99. The van der Waals surface area contributed by atoms with Crippen molar-refractivity contribution in [2.45, 2.75) is 19.5 Å². The second-order valence-electron chi connectivity index (χ2n) is 9.44. The molecular formula is C29H26ClFN4O4S. The third-order valence-corrected chi connectivity index (χ3v) is 7.95. The highest BCUT2D eigenvalue weighted by Crippen LogP contribution is 2.37. The SMILES string of the molecule is C[C@@H](NC(=O)Oc1nn(-c2ccc(Cl)cc2)c2c1CN(S(C)(=O)=O)C/C2=C\c1ccc(F)cc1)c1ccccc1. The van der Waals surface area contributed by atoms with Crippen LogP contribution >= 0.6 is 11.6 Å². The number of benzene rings is 3. The summed E-state index contributed by atoms with van der Waals surface area (Å²) in [5.41, 5.74) is 3.77. The van der Waals surface area contributed by atoms with Gasteiger partial charge in [0.05, 0.1) is 29.2 Å². The van der Waals surface area contributed by atoms with Crippen molar-refractivity contribution in [3.8, 4) is 11.6 Å². The predicted octanol–water partition coefficient (Wildman–Crippen LogP) is 5.83. The lowest BCUT2D eigenvalue weighted by Gasteiger charge is -2.27. The number of hydrogen-bond acceptors (Lipinski definition) is 5. The van der Waals surface area contributed by atoms with E-state index in [2.05, 4.69) is 10.4 Å². The molecule has 0 bridgehead atoms. The molecule has 0 saturated carbocycles. The Morgan fingerprint density at radius 1 is 1.05 bits per heavy atom. The minimum atomic E-state index is -3.64. The Balaban J connectivity index is 1.60. The molecular weight excluding hydrogens is 555 g/mol. The summed E-state index contributed by atoms with van der Waals surface area (Å²) in [4.78, 5) is 13.0. The standard InChI is InChI=1S/C29H26ClFN4O4S/c1-19(21-6-4-3-5-7-21)32-29(36)39-28-26-18-34(40(2,37)38)17-22(16-20-8-12-24(31)13-9-20)27(26)35(33-28)25-14-10-23(30)11-15-25/h3-16,19H,17-18H2,1-2H3,(H,32,36)/b22-16+/t19-/m1/s1. The van der Waals surface area contributed by atoms with Gasteiger partial charge in [0.15, 0.2) is 0 Å². The summed E-state index contributed by atoms with van der Waals surface area (Å²) < 4.78 is 47.5. The van der Waals surface area contributed by atoms with E-state index in [4.69, 9.17) is 16.3 Å². The maximum atomic E-state index is 13.6. The number of hydrogen-bond donors (Lipinski definition) is 1. The third kappa shape index (κ3) is 6.09. The Labute approximate surface area is 236 Å². The van der Waals surface area contributed by atoms with Crippen LogP contribution in [-0.2, 0) is 16.6 Å². The summed E-state index contributed by atoms with van der Waals surface area (Å²) in [6.45, 7) is 1.81. The molecule has 0 radical (unpaired) electrons. The van der Waals surface area contributed by atoms with E-state index in [1.807, 2.05) is 37.3 Å². The molecule has 1 aliphatic heterocycles. The van der Waals surface area contributed by atoms with E-state index in [0.29, 0.717) is 33.1 Å². The van der Waals surface area contributed by atoms with Gasteiger partial charge in [-0.3, -0.25) is 0 Å². The Morgan fingerprint density at radius 3 is 2.38 bits per heavy atom. The van der Waals surface area contributed by atoms with Crippen LogP contribution in [0.1, 0.15) is 35.3 Å². The zero-order valence-corrected chi connectivity index (χ0v) is 23.3. The molecule has 1 aliphatic rings. The van der Waals surface area contributed by atoms with Crippen molar-refractivity contribution in [2.75, 3.05) is 12.8 Å². The van der Waals surface area contributed by atoms with Crippen molar-refractivity contribution < 1.29 is 22.3 Å². The lowest BCUT2D eigenvalue weighted by molar-refractivity contribution is 0.194. The highest BCUT2D eigenvalue weighted by atomic mass is 35.5. The monoisotopic (exact) mass is 580 g/mol. The summed E-state index contributed by atoms with van der Waals surface area (Å²) in [6, 6.07) is 21.8. The number of ether oxygens (including phenoxy) is 1. The normalized spacial score (nSPS) is 15.4. The molecule has 1 N–H and O–H groups in total. The Kier molecular flexibility index (Phi) is 7.75. The number of nitrogens with zero attached hydrogens (tertiary/aromatic N) is 3. The van der Waals surface area contributed by atoms with E-state index >= 15 is 0 Å². The first-order chi connectivity index (χ1) is 19.1. The second-order valence-corrected chi connectivity index (χ2v) is 11.9. The smallest absolute Gasteiger partial charge is 0.389 e. The van der Waals surface area contributed by atoms with Gasteiger partial charge in [0.25, 0.3) is 0 Å². The lowest BCUT2D eigenvalue weighted by atomic mass is 10.0. The average molecular weight is 581 g/mol. The van der Waals surface area contributed by atoms with Crippen molar-refractivity contribution in [1.29, 1.82) is 0 Å². The molecule has 1 aromatic heterocycles. The molecule has 11 heteroatoms. The third-order valence-electron chi connectivity index (χ3n) is 6.51. The maximum absolute atomic E-state index is 13.6. The van der Waals surface area contributed by atoms with E-state index in [1.165, 1.54) is 16.4 Å². The van der Waals surface area contributed by atoms with Crippen molar-refractivity contribution in [3.05, 3.63) is 112 Å². The summed E-state index contributed by atoms with van der Waals surface area (Å²) >= 11 is 6.11. The van der Waals surface area contributed by atoms with E-state index < -0.39 is 16.1 Å². The van der Waals surface area contributed by atoms with Crippen LogP contribution in [0.3, 0.4) is 0 Å². The number of rotatable bonds is 6. The van der Waals surface area contributed by atoms with Crippen LogP contribution in [-0.4, -0.2) is 41.4 Å². The molecule has 40 heavy (non-hydrogen) atoms. The molecule has 206 valence electrons. The van der Waals surface area contributed by atoms with Crippen molar-refractivity contribution in [3.63, 3.8) is 0 Å². The van der Waals surface area contributed by atoms with Gasteiger partial charge in [0.1, 0.15) is 5.82 Å². The maximum Gasteiger partial charge on any atom is 0.414 e. The highest BCUT2D eigenvalue weighted by molar-refractivity contribution is 7.88. The van der Waals surface area contributed by atoms with Gasteiger partial charge in [-0.2, -0.15) is 4.31 Å². The minimum Gasteiger partial charge on any atom is -0.389 e. The Morgan fingerprint density at radius 2 is 1.73 bits per heavy atom. The fourth-order valence-electron chi connectivity index (χ4n) is 4.48. The van der Waals surface area contributed by atoms with E-state index in [-0.39, 0.29) is 30.8 Å². The van der Waals surface area contributed by atoms with Gasteiger partial charge in [0.2, 0.25) is 15.9 Å². The zero-order valence-electron chi connectivity index (χ0n) is 21.7. The van der Waals surface area contributed by atoms with Gasteiger partial charge >= 0.3 is 6.09 Å². The van der Waals surface area contributed by atoms with Crippen molar-refractivity contribution in [1.82, 2.24) is 19.4 Å². The molecule has 8 nitrogen and oxygen atoms in total. The van der Waals surface area contributed by atoms with Crippen LogP contribution in [0.25, 0.3) is 17.3 Å². The lowest BCUT2D eigenvalue weighted by Crippen LogP contribution is -2.35. The Bertz CT molecular complexity index is 1670. The number of carbonyl (C=O) groups excluding carboxylic acids is 1. The first-order valence-electron chi connectivity index (χ1n) is 12.4. The van der Waals surface area contributed by atoms with Gasteiger partial charge in [-0.15, -0.1) is 5.10 Å². The van der Waals surface area contributed by atoms with Gasteiger partial charge in [-0.05, 0) is 66.1 Å². The number of sulfonamides is 1. The molecule has 5 rings (SSSR count). The number of halogens is 2. The average Bonchev–Trinajstić information content (AvgIpc) is 3.28. The fraction of sp³-hybridized carbons (Fsp3) is 0.172. The molecule has 3 aromatic carbocycles. The van der Waals surface area contributed by atoms with E-state index in [9.17, 15) is 17.6 Å². The van der Waals surface area contributed by atoms with Crippen LogP contribution in [0.4, 0.5) is 9.18 Å². The number of aromatic nitrogens is 2.